The Balaban J connectivity index is 2.08. The first-order chi connectivity index (χ1) is 12.8. The van der Waals surface area contributed by atoms with E-state index in [1.165, 1.54) is 54.3 Å². The van der Waals surface area contributed by atoms with Crippen molar-refractivity contribution in [3.63, 3.8) is 0 Å². The topological polar surface area (TPSA) is 9.86 Å². The maximum atomic E-state index is 2.35. The summed E-state index contributed by atoms with van der Waals surface area (Å²) in [5.41, 5.74) is 3.89. The molecule has 0 radical (unpaired) electrons. The molecule has 6 aromatic rings. The Morgan fingerprint density at radius 1 is 0.538 bits per heavy atom. The van der Waals surface area contributed by atoms with Crippen molar-refractivity contribution >= 4 is 54.3 Å². The fourth-order valence-electron chi connectivity index (χ4n) is 4.74. The first kappa shape index (κ1) is 14.0. The molecule has 0 bridgehead atoms. The summed E-state index contributed by atoms with van der Waals surface area (Å²) in [6.45, 7) is 0. The number of rotatable bonds is 0. The number of nitrogens with zero attached hydrogens (tertiary/aromatic N) is 2. The van der Waals surface area contributed by atoms with Crippen LogP contribution in [0, 0.1) is 0 Å². The van der Waals surface area contributed by atoms with Crippen LogP contribution in [0.5, 0.6) is 0 Å². The minimum Gasteiger partial charge on any atom is -0.351 e. The van der Waals surface area contributed by atoms with Crippen LogP contribution in [0.25, 0.3) is 54.3 Å². The normalized spacial score (nSPS) is 12.2. The lowest BCUT2D eigenvalue weighted by Crippen LogP contribution is -1.90. The van der Waals surface area contributed by atoms with Gasteiger partial charge in [0.05, 0.1) is 5.52 Å². The van der Waals surface area contributed by atoms with Crippen molar-refractivity contribution in [2.75, 3.05) is 0 Å². The van der Waals surface area contributed by atoms with Crippen molar-refractivity contribution in [2.24, 2.45) is 14.1 Å². The number of para-hydroxylation sites is 1. The molecule has 0 unspecified atom stereocenters. The zero-order valence-electron chi connectivity index (χ0n) is 14.8. The number of benzene rings is 4. The van der Waals surface area contributed by atoms with Crippen molar-refractivity contribution in [3.8, 4) is 0 Å². The molecule has 0 fully saturated rings. The molecule has 0 atom stereocenters. The Morgan fingerprint density at radius 3 is 2.08 bits per heavy atom. The highest BCUT2D eigenvalue weighted by Crippen LogP contribution is 2.42. The third-order valence-corrected chi connectivity index (χ3v) is 5.90. The monoisotopic (exact) mass is 334 g/mol. The Morgan fingerprint density at radius 2 is 1.23 bits per heavy atom. The second kappa shape index (κ2) is 4.67. The summed E-state index contributed by atoms with van der Waals surface area (Å²) in [4.78, 5) is 0. The SMILES string of the molecule is Cn1ccc2c3c4ccccc4c4c(c3ccc21)c1ccccc1n4C. The van der Waals surface area contributed by atoms with Crippen LogP contribution in [0.3, 0.4) is 0 Å². The quantitative estimate of drug-likeness (QED) is 0.296. The van der Waals surface area contributed by atoms with E-state index < -0.39 is 0 Å². The summed E-state index contributed by atoms with van der Waals surface area (Å²) < 4.78 is 4.55. The van der Waals surface area contributed by atoms with E-state index in [1.807, 2.05) is 0 Å². The van der Waals surface area contributed by atoms with Gasteiger partial charge in [0, 0.05) is 52.9 Å². The Bertz CT molecular complexity index is 1500. The smallest absolute Gasteiger partial charge is 0.0574 e. The van der Waals surface area contributed by atoms with Crippen LogP contribution < -0.4 is 0 Å². The fraction of sp³-hybridized carbons (Fsp3) is 0.0833. The van der Waals surface area contributed by atoms with E-state index in [1.54, 1.807) is 0 Å². The molecular formula is C24H18N2. The molecule has 0 saturated heterocycles. The Labute approximate surface area is 150 Å². The molecule has 0 aliphatic carbocycles. The lowest BCUT2D eigenvalue weighted by Gasteiger charge is -2.10. The van der Waals surface area contributed by atoms with Crippen LogP contribution in [0.4, 0.5) is 0 Å². The standard InChI is InChI=1S/C24H18N2/c1-25-14-13-18-20(25)12-11-19-22(18)15-7-3-4-8-16(15)24-23(19)17-9-5-6-10-21(17)26(24)2/h3-14H,1-2H3. The molecule has 4 aromatic carbocycles. The van der Waals surface area contributed by atoms with Gasteiger partial charge in [-0.2, -0.15) is 0 Å². The van der Waals surface area contributed by atoms with Crippen LogP contribution in [0.1, 0.15) is 0 Å². The third kappa shape index (κ3) is 1.53. The molecular weight excluding hydrogens is 316 g/mol. The molecule has 124 valence electrons. The fourth-order valence-corrected chi connectivity index (χ4v) is 4.74. The molecule has 6 rings (SSSR count). The summed E-state index contributed by atoms with van der Waals surface area (Å²) in [7, 11) is 4.30. The summed E-state index contributed by atoms with van der Waals surface area (Å²) in [5.74, 6) is 0. The van der Waals surface area contributed by atoms with Gasteiger partial charge in [-0.25, -0.2) is 0 Å². The largest absolute Gasteiger partial charge is 0.351 e. The molecule has 0 aliphatic rings. The van der Waals surface area contributed by atoms with E-state index >= 15 is 0 Å². The maximum Gasteiger partial charge on any atom is 0.0574 e. The molecule has 0 N–H and O–H groups in total. The lowest BCUT2D eigenvalue weighted by molar-refractivity contribution is 0.969. The molecule has 0 saturated carbocycles. The van der Waals surface area contributed by atoms with Gasteiger partial charge in [0.15, 0.2) is 0 Å². The highest BCUT2D eigenvalue weighted by atomic mass is 14.9. The van der Waals surface area contributed by atoms with Gasteiger partial charge in [0.1, 0.15) is 0 Å². The van der Waals surface area contributed by atoms with Gasteiger partial charge in [-0.05, 0) is 34.4 Å². The second-order valence-electron chi connectivity index (χ2n) is 7.19. The zero-order chi connectivity index (χ0) is 17.4. The number of aromatic nitrogens is 2. The van der Waals surface area contributed by atoms with Crippen molar-refractivity contribution in [1.82, 2.24) is 9.13 Å². The van der Waals surface area contributed by atoms with Gasteiger partial charge in [0.2, 0.25) is 0 Å². The molecule has 2 nitrogen and oxygen atoms in total. The van der Waals surface area contributed by atoms with E-state index in [2.05, 4.69) is 96.2 Å². The minimum atomic E-state index is 1.28. The lowest BCUT2D eigenvalue weighted by atomic mass is 9.94. The number of fused-ring (bicyclic) bond motifs is 10. The first-order valence-corrected chi connectivity index (χ1v) is 9.01. The molecule has 2 heteroatoms. The van der Waals surface area contributed by atoms with Crippen molar-refractivity contribution < 1.29 is 0 Å². The predicted octanol–water partition coefficient (Wildman–Crippen LogP) is 6.13. The van der Waals surface area contributed by atoms with Crippen LogP contribution >= 0.6 is 0 Å². The molecule has 0 aliphatic heterocycles. The van der Waals surface area contributed by atoms with Gasteiger partial charge < -0.3 is 9.13 Å². The Hall–Kier alpha value is -3.26. The van der Waals surface area contributed by atoms with Crippen LogP contribution in [0.2, 0.25) is 0 Å². The van der Waals surface area contributed by atoms with Crippen LogP contribution in [0.15, 0.2) is 72.9 Å². The first-order valence-electron chi connectivity index (χ1n) is 9.01. The van der Waals surface area contributed by atoms with E-state index in [4.69, 9.17) is 0 Å². The van der Waals surface area contributed by atoms with Gasteiger partial charge in [-0.3, -0.25) is 0 Å². The van der Waals surface area contributed by atoms with Crippen molar-refractivity contribution in [3.05, 3.63) is 72.9 Å². The summed E-state index contributed by atoms with van der Waals surface area (Å²) in [5, 5.41) is 9.38. The van der Waals surface area contributed by atoms with Gasteiger partial charge in [0.25, 0.3) is 0 Å². The maximum absolute atomic E-state index is 2.35. The molecule has 2 aromatic heterocycles. The van der Waals surface area contributed by atoms with E-state index in [0.717, 1.165) is 0 Å². The average molecular weight is 334 g/mol. The number of aryl methyl sites for hydroxylation is 2. The Kier molecular flexibility index (Phi) is 2.51. The molecule has 0 spiro atoms. The van der Waals surface area contributed by atoms with Gasteiger partial charge >= 0.3 is 0 Å². The summed E-state index contributed by atoms with van der Waals surface area (Å²) in [6.07, 6.45) is 2.16. The molecule has 26 heavy (non-hydrogen) atoms. The highest BCUT2D eigenvalue weighted by Gasteiger charge is 2.17. The van der Waals surface area contributed by atoms with Crippen molar-refractivity contribution in [2.45, 2.75) is 0 Å². The summed E-state index contributed by atoms with van der Waals surface area (Å²) >= 11 is 0. The minimum absolute atomic E-state index is 1.28. The van der Waals surface area contributed by atoms with Crippen LogP contribution in [-0.2, 0) is 14.1 Å². The summed E-state index contributed by atoms with van der Waals surface area (Å²) in [6, 6.07) is 24.4. The van der Waals surface area contributed by atoms with E-state index in [-0.39, 0.29) is 0 Å². The van der Waals surface area contributed by atoms with Gasteiger partial charge in [-0.1, -0.05) is 48.5 Å². The third-order valence-electron chi connectivity index (χ3n) is 5.90. The molecule has 0 amide bonds. The van der Waals surface area contributed by atoms with E-state index in [0.29, 0.717) is 0 Å². The van der Waals surface area contributed by atoms with E-state index in [9.17, 15) is 0 Å². The highest BCUT2D eigenvalue weighted by molar-refractivity contribution is 6.35. The average Bonchev–Trinajstić information content (AvgIpc) is 3.21. The predicted molar refractivity (Wildman–Crippen MR) is 112 cm³/mol. The van der Waals surface area contributed by atoms with Gasteiger partial charge in [-0.15, -0.1) is 0 Å². The second-order valence-corrected chi connectivity index (χ2v) is 7.19. The number of hydrogen-bond acceptors (Lipinski definition) is 0. The molecule has 2 heterocycles. The van der Waals surface area contributed by atoms with Crippen molar-refractivity contribution in [1.29, 1.82) is 0 Å². The zero-order valence-corrected chi connectivity index (χ0v) is 14.8. The number of hydrogen-bond donors (Lipinski definition) is 0. The van der Waals surface area contributed by atoms with Crippen LogP contribution in [-0.4, -0.2) is 9.13 Å².